The van der Waals surface area contributed by atoms with Gasteiger partial charge < -0.3 is 5.32 Å². The summed E-state index contributed by atoms with van der Waals surface area (Å²) in [6, 6.07) is 11.3. The Morgan fingerprint density at radius 1 is 1.12 bits per heavy atom. The molecular weight excluding hydrogens is 374 g/mol. The minimum Gasteiger partial charge on any atom is -0.373 e. The fraction of sp³-hybridized carbons (Fsp3) is 0.294. The first-order valence-electron chi connectivity index (χ1n) is 7.92. The lowest BCUT2D eigenvalue weighted by Crippen LogP contribution is -2.13. The summed E-state index contributed by atoms with van der Waals surface area (Å²) in [7, 11) is -4.01. The zero-order valence-corrected chi connectivity index (χ0v) is 16.3. The molecule has 1 unspecified atom stereocenters. The molecule has 26 heavy (non-hydrogen) atoms. The normalized spacial score (nSPS) is 12.8. The molecule has 9 heteroatoms. The Kier molecular flexibility index (Phi) is 6.27. The third kappa shape index (κ3) is 5.20. The van der Waals surface area contributed by atoms with Crippen LogP contribution in [-0.4, -0.2) is 18.6 Å². The van der Waals surface area contributed by atoms with Crippen LogP contribution >= 0.6 is 11.8 Å². The van der Waals surface area contributed by atoms with Gasteiger partial charge in [0, 0.05) is 22.3 Å². The molecule has 0 aliphatic rings. The first-order valence-corrected chi connectivity index (χ1v) is 10.3. The zero-order valence-electron chi connectivity index (χ0n) is 14.7. The average Bonchev–Trinajstić information content (AvgIpc) is 2.54. The highest BCUT2D eigenvalue weighted by Gasteiger charge is 2.20. The largest absolute Gasteiger partial charge is 0.373 e. The van der Waals surface area contributed by atoms with E-state index in [4.69, 9.17) is 5.14 Å². The van der Waals surface area contributed by atoms with E-state index in [1.54, 1.807) is 11.8 Å². The van der Waals surface area contributed by atoms with Crippen LogP contribution in [0, 0.1) is 10.1 Å². The van der Waals surface area contributed by atoms with Gasteiger partial charge in [0.15, 0.2) is 0 Å². The van der Waals surface area contributed by atoms with Crippen molar-refractivity contribution in [1.82, 2.24) is 0 Å². The average molecular weight is 396 g/mol. The molecule has 0 aromatic heterocycles. The number of rotatable bonds is 7. The van der Waals surface area contributed by atoms with Gasteiger partial charge in [-0.3, -0.25) is 10.1 Å². The molecule has 0 spiro atoms. The predicted molar refractivity (Wildman–Crippen MR) is 104 cm³/mol. The van der Waals surface area contributed by atoms with Gasteiger partial charge in [0.1, 0.15) is 5.69 Å². The molecule has 0 fully saturated rings. The highest BCUT2D eigenvalue weighted by atomic mass is 32.2. The first kappa shape index (κ1) is 20.2. The van der Waals surface area contributed by atoms with Gasteiger partial charge >= 0.3 is 0 Å². The molecule has 0 amide bonds. The molecule has 0 aliphatic heterocycles. The van der Waals surface area contributed by atoms with Crippen molar-refractivity contribution >= 4 is 33.2 Å². The minimum absolute atomic E-state index is 0.202. The SMILES string of the molecule is CC(C)Sc1ccc(C(C)Nc2ccc(S(N)(=O)=O)cc2[N+](=O)[O-])cc1. The topological polar surface area (TPSA) is 115 Å². The van der Waals surface area contributed by atoms with E-state index in [1.807, 2.05) is 31.2 Å². The van der Waals surface area contributed by atoms with E-state index < -0.39 is 14.9 Å². The molecule has 7 nitrogen and oxygen atoms in total. The minimum atomic E-state index is -4.01. The Hall–Kier alpha value is -2.10. The van der Waals surface area contributed by atoms with E-state index in [0.717, 1.165) is 16.5 Å². The number of nitrogens with two attached hydrogens (primary N) is 1. The molecule has 3 N–H and O–H groups in total. The number of nitrogens with zero attached hydrogens (tertiary/aromatic N) is 1. The molecule has 140 valence electrons. The fourth-order valence-electron chi connectivity index (χ4n) is 2.39. The van der Waals surface area contributed by atoms with Gasteiger partial charge in [-0.15, -0.1) is 11.8 Å². The molecule has 0 bridgehead atoms. The number of nitro groups is 1. The maximum atomic E-state index is 11.4. The number of thioether (sulfide) groups is 1. The van der Waals surface area contributed by atoms with Crippen molar-refractivity contribution in [3.05, 3.63) is 58.1 Å². The molecule has 2 rings (SSSR count). The van der Waals surface area contributed by atoms with Crippen LogP contribution in [-0.2, 0) is 10.0 Å². The summed E-state index contributed by atoms with van der Waals surface area (Å²) < 4.78 is 22.8. The Bertz CT molecular complexity index is 897. The van der Waals surface area contributed by atoms with Crippen LogP contribution in [0.15, 0.2) is 52.3 Å². The van der Waals surface area contributed by atoms with E-state index in [9.17, 15) is 18.5 Å². The number of nitro benzene ring substituents is 1. The number of hydrogen-bond acceptors (Lipinski definition) is 6. The summed E-state index contributed by atoms with van der Waals surface area (Å²) in [6.45, 7) is 6.11. The second-order valence-electron chi connectivity index (χ2n) is 6.08. The van der Waals surface area contributed by atoms with E-state index >= 15 is 0 Å². The number of benzene rings is 2. The van der Waals surface area contributed by atoms with Crippen molar-refractivity contribution in [2.45, 2.75) is 41.9 Å². The lowest BCUT2D eigenvalue weighted by Gasteiger charge is -2.17. The second-order valence-corrected chi connectivity index (χ2v) is 9.29. The van der Waals surface area contributed by atoms with Crippen LogP contribution in [0.2, 0.25) is 0 Å². The highest BCUT2D eigenvalue weighted by molar-refractivity contribution is 7.99. The molecule has 2 aromatic rings. The van der Waals surface area contributed by atoms with Crippen LogP contribution in [0.25, 0.3) is 0 Å². The molecule has 0 aliphatic carbocycles. The zero-order chi connectivity index (χ0) is 19.5. The van der Waals surface area contributed by atoms with Crippen molar-refractivity contribution in [2.24, 2.45) is 5.14 Å². The van der Waals surface area contributed by atoms with Gasteiger partial charge in [0.05, 0.1) is 9.82 Å². The number of sulfonamides is 1. The smallest absolute Gasteiger partial charge is 0.293 e. The maximum absolute atomic E-state index is 11.4. The molecule has 1 atom stereocenters. The summed E-state index contributed by atoms with van der Waals surface area (Å²) in [6.07, 6.45) is 0. The number of anilines is 1. The maximum Gasteiger partial charge on any atom is 0.293 e. The van der Waals surface area contributed by atoms with Crippen molar-refractivity contribution in [1.29, 1.82) is 0 Å². The summed E-state index contributed by atoms with van der Waals surface area (Å²) in [5, 5.41) is 19.9. The van der Waals surface area contributed by atoms with Gasteiger partial charge in [-0.2, -0.15) is 0 Å². The van der Waals surface area contributed by atoms with Crippen LogP contribution in [0.4, 0.5) is 11.4 Å². The van der Waals surface area contributed by atoms with Gasteiger partial charge in [0.25, 0.3) is 5.69 Å². The van der Waals surface area contributed by atoms with Crippen molar-refractivity contribution in [3.8, 4) is 0 Å². The van der Waals surface area contributed by atoms with Crippen molar-refractivity contribution in [3.63, 3.8) is 0 Å². The molecular formula is C17H21N3O4S2. The van der Waals surface area contributed by atoms with Gasteiger partial charge in [-0.25, -0.2) is 13.6 Å². The first-order chi connectivity index (χ1) is 12.1. The van der Waals surface area contributed by atoms with E-state index in [-0.39, 0.29) is 22.3 Å². The molecule has 2 aromatic carbocycles. The molecule has 0 saturated heterocycles. The Balaban J connectivity index is 2.25. The lowest BCUT2D eigenvalue weighted by molar-refractivity contribution is -0.384. The van der Waals surface area contributed by atoms with Crippen LogP contribution in [0.1, 0.15) is 32.4 Å². The van der Waals surface area contributed by atoms with Crippen LogP contribution in [0.3, 0.4) is 0 Å². The Labute approximate surface area is 157 Å². The van der Waals surface area contributed by atoms with Crippen molar-refractivity contribution < 1.29 is 13.3 Å². The van der Waals surface area contributed by atoms with Gasteiger partial charge in [0.2, 0.25) is 10.0 Å². The quantitative estimate of drug-likeness (QED) is 0.417. The van der Waals surface area contributed by atoms with Crippen LogP contribution < -0.4 is 10.5 Å². The summed E-state index contributed by atoms with van der Waals surface area (Å²) in [5.74, 6) is 0. The van der Waals surface area contributed by atoms with E-state index in [1.165, 1.54) is 12.1 Å². The highest BCUT2D eigenvalue weighted by Crippen LogP contribution is 2.31. The predicted octanol–water partition coefficient (Wildman–Crippen LogP) is 3.92. The third-order valence-corrected chi connectivity index (χ3v) is 5.55. The Morgan fingerprint density at radius 2 is 1.73 bits per heavy atom. The third-order valence-electron chi connectivity index (χ3n) is 3.62. The fourth-order valence-corrected chi connectivity index (χ4v) is 3.76. The summed E-state index contributed by atoms with van der Waals surface area (Å²) in [5.41, 5.74) is 0.855. The van der Waals surface area contributed by atoms with Gasteiger partial charge in [-0.05, 0) is 36.8 Å². The van der Waals surface area contributed by atoms with E-state index in [0.29, 0.717) is 5.25 Å². The number of hydrogen-bond donors (Lipinski definition) is 2. The molecule has 0 saturated carbocycles. The lowest BCUT2D eigenvalue weighted by atomic mass is 10.1. The van der Waals surface area contributed by atoms with Gasteiger partial charge in [-0.1, -0.05) is 26.0 Å². The monoisotopic (exact) mass is 395 g/mol. The van der Waals surface area contributed by atoms with Crippen molar-refractivity contribution in [2.75, 3.05) is 5.32 Å². The van der Waals surface area contributed by atoms with E-state index in [2.05, 4.69) is 19.2 Å². The standard InChI is InChI=1S/C17H21N3O4S2/c1-11(2)25-14-6-4-13(5-7-14)12(3)19-16-9-8-15(26(18,23)24)10-17(16)20(21)22/h4-12,19H,1-3H3,(H2,18,23,24). The number of nitrogens with one attached hydrogen (secondary N) is 1. The molecule has 0 radical (unpaired) electrons. The Morgan fingerprint density at radius 3 is 2.23 bits per heavy atom. The summed E-state index contributed by atoms with van der Waals surface area (Å²) >= 11 is 1.75. The second kappa shape index (κ2) is 8.07. The van der Waals surface area contributed by atoms with Crippen LogP contribution in [0.5, 0.6) is 0 Å². The number of primary sulfonamides is 1. The summed E-state index contributed by atoms with van der Waals surface area (Å²) in [4.78, 5) is 11.5. The molecule has 0 heterocycles.